The number of morpholine rings is 1. The van der Waals surface area contributed by atoms with Crippen LogP contribution in [0.3, 0.4) is 0 Å². The molecule has 0 saturated carbocycles. The normalized spacial score (nSPS) is 20.8. The first-order chi connectivity index (χ1) is 19.2. The van der Waals surface area contributed by atoms with Gasteiger partial charge in [-0.15, -0.1) is 0 Å². The van der Waals surface area contributed by atoms with Gasteiger partial charge in [0.2, 0.25) is 5.95 Å². The van der Waals surface area contributed by atoms with E-state index in [0.717, 1.165) is 51.9 Å². The van der Waals surface area contributed by atoms with Crippen LogP contribution in [0.15, 0.2) is 12.4 Å². The molecule has 3 aliphatic heterocycles. The Morgan fingerprint density at radius 2 is 1.48 bits per heavy atom. The molecule has 0 bridgehead atoms. The van der Waals surface area contributed by atoms with E-state index in [-0.39, 0.29) is 0 Å². The van der Waals surface area contributed by atoms with Gasteiger partial charge in [-0.1, -0.05) is 6.42 Å². The van der Waals surface area contributed by atoms with Crippen molar-refractivity contribution in [2.45, 2.75) is 76.0 Å². The van der Waals surface area contributed by atoms with Crippen LogP contribution in [0.5, 0.6) is 0 Å². The van der Waals surface area contributed by atoms with Crippen LogP contribution in [0.25, 0.3) is 0 Å². The Labute approximate surface area is 234 Å². The molecule has 1 atom stereocenters. The van der Waals surface area contributed by atoms with Gasteiger partial charge in [0.25, 0.3) is 0 Å². The standard InChI is InChI=1S/C21H35N5O.C6H8O7/c1-3-8-25(9-4-1)21-22-16-19(17-23-21)18-26-10-5-2-6-20(26)7-11-24-12-14-27-15-13-24;7-3(8)1-6(13,5(11)12)2-4(9)10/h16-17,20H,1-15,18H2;13H,1-2H2,(H,7,8)(H,9,10)(H,11,12). The molecule has 1 aromatic rings. The predicted octanol–water partition coefficient (Wildman–Crippen LogP) is 1.30. The van der Waals surface area contributed by atoms with Crippen molar-refractivity contribution in [3.63, 3.8) is 0 Å². The predicted molar refractivity (Wildman–Crippen MR) is 145 cm³/mol. The Morgan fingerprint density at radius 1 is 0.875 bits per heavy atom. The summed E-state index contributed by atoms with van der Waals surface area (Å²) in [5, 5.41) is 33.8. The fraction of sp³-hybridized carbons (Fsp3) is 0.741. The van der Waals surface area contributed by atoms with Gasteiger partial charge < -0.3 is 30.1 Å². The summed E-state index contributed by atoms with van der Waals surface area (Å²) >= 11 is 0. The van der Waals surface area contributed by atoms with Gasteiger partial charge >= 0.3 is 17.9 Å². The molecule has 4 N–H and O–H groups in total. The number of piperidine rings is 2. The number of aliphatic carboxylic acids is 3. The average molecular weight is 566 g/mol. The van der Waals surface area contributed by atoms with Crippen LogP contribution in [0.1, 0.15) is 63.4 Å². The molecular weight excluding hydrogens is 522 g/mol. The van der Waals surface area contributed by atoms with Crippen molar-refractivity contribution in [2.75, 3.05) is 57.4 Å². The van der Waals surface area contributed by atoms with Crippen molar-refractivity contribution in [2.24, 2.45) is 0 Å². The molecular formula is C27H43N5O8. The van der Waals surface area contributed by atoms with E-state index in [0.29, 0.717) is 6.04 Å². The summed E-state index contributed by atoms with van der Waals surface area (Å²) in [5.41, 5.74) is -1.48. The lowest BCUT2D eigenvalue weighted by Gasteiger charge is -2.37. The highest BCUT2D eigenvalue weighted by atomic mass is 16.5. The van der Waals surface area contributed by atoms with Crippen LogP contribution >= 0.6 is 0 Å². The lowest BCUT2D eigenvalue weighted by molar-refractivity contribution is -0.170. The van der Waals surface area contributed by atoms with Gasteiger partial charge in [-0.2, -0.15) is 0 Å². The van der Waals surface area contributed by atoms with Gasteiger partial charge in [-0.25, -0.2) is 14.8 Å². The second-order valence-electron chi connectivity index (χ2n) is 10.8. The van der Waals surface area contributed by atoms with E-state index in [1.807, 2.05) is 0 Å². The Morgan fingerprint density at radius 3 is 2.05 bits per heavy atom. The number of hydrogen-bond acceptors (Lipinski definition) is 10. The second-order valence-corrected chi connectivity index (χ2v) is 10.8. The molecule has 3 aliphatic rings. The van der Waals surface area contributed by atoms with E-state index in [1.54, 1.807) is 0 Å². The minimum Gasteiger partial charge on any atom is -0.481 e. The Hall–Kier alpha value is -2.87. The largest absolute Gasteiger partial charge is 0.481 e. The highest BCUT2D eigenvalue weighted by Crippen LogP contribution is 2.23. The maximum Gasteiger partial charge on any atom is 0.336 e. The molecule has 40 heavy (non-hydrogen) atoms. The zero-order chi connectivity index (χ0) is 29.0. The van der Waals surface area contributed by atoms with Crippen LogP contribution < -0.4 is 4.90 Å². The van der Waals surface area contributed by atoms with Crippen molar-refractivity contribution >= 4 is 23.9 Å². The third kappa shape index (κ3) is 10.3. The number of carboxylic acids is 3. The van der Waals surface area contributed by atoms with Crippen LogP contribution in [0, 0.1) is 0 Å². The molecule has 0 radical (unpaired) electrons. The molecule has 0 amide bonds. The fourth-order valence-electron chi connectivity index (χ4n) is 5.39. The lowest BCUT2D eigenvalue weighted by atomic mass is 9.96. The summed E-state index contributed by atoms with van der Waals surface area (Å²) in [4.78, 5) is 47.4. The number of carboxylic acid groups (broad SMARTS) is 3. The number of rotatable bonds is 11. The van der Waals surface area contributed by atoms with Gasteiger partial charge in [0.1, 0.15) is 0 Å². The number of hydrogen-bond donors (Lipinski definition) is 4. The SMILES string of the molecule is O=C(O)CC(O)(CC(=O)O)C(=O)O.c1nc(N2CCCCC2)ncc1CN1CCCCC1CCN1CCOCC1. The van der Waals surface area contributed by atoms with Crippen molar-refractivity contribution in [3.8, 4) is 0 Å². The monoisotopic (exact) mass is 565 g/mol. The van der Waals surface area contributed by atoms with Crippen LogP contribution in [-0.2, 0) is 25.7 Å². The molecule has 3 saturated heterocycles. The Kier molecular flexibility index (Phi) is 12.5. The summed E-state index contributed by atoms with van der Waals surface area (Å²) in [7, 11) is 0. The van der Waals surface area contributed by atoms with E-state index in [2.05, 4.69) is 37.1 Å². The minimum absolute atomic E-state index is 0.698. The first-order valence-electron chi connectivity index (χ1n) is 14.2. The van der Waals surface area contributed by atoms with Crippen molar-refractivity contribution in [1.82, 2.24) is 19.8 Å². The maximum absolute atomic E-state index is 10.3. The molecule has 1 aromatic heterocycles. The highest BCUT2D eigenvalue weighted by Gasteiger charge is 2.40. The average Bonchev–Trinajstić information content (AvgIpc) is 2.93. The van der Waals surface area contributed by atoms with Crippen molar-refractivity contribution in [1.29, 1.82) is 0 Å². The number of nitrogens with zero attached hydrogens (tertiary/aromatic N) is 5. The molecule has 224 valence electrons. The molecule has 0 aliphatic carbocycles. The lowest BCUT2D eigenvalue weighted by Crippen LogP contribution is -2.43. The van der Waals surface area contributed by atoms with E-state index < -0.39 is 36.4 Å². The topological polar surface area (TPSA) is 177 Å². The molecule has 13 heteroatoms. The smallest absolute Gasteiger partial charge is 0.336 e. The summed E-state index contributed by atoms with van der Waals surface area (Å²) in [5.74, 6) is -4.10. The number of anilines is 1. The van der Waals surface area contributed by atoms with E-state index >= 15 is 0 Å². The number of ether oxygens (including phenoxy) is 1. The van der Waals surface area contributed by atoms with Gasteiger partial charge in [0, 0.05) is 56.7 Å². The van der Waals surface area contributed by atoms with Crippen LogP contribution in [0.4, 0.5) is 5.95 Å². The van der Waals surface area contributed by atoms with Crippen LogP contribution in [0.2, 0.25) is 0 Å². The van der Waals surface area contributed by atoms with Crippen LogP contribution in [-0.4, -0.2) is 122 Å². The summed E-state index contributed by atoms with van der Waals surface area (Å²) in [6, 6.07) is 0.698. The summed E-state index contributed by atoms with van der Waals surface area (Å²) in [6.07, 6.45) is 11.0. The zero-order valence-electron chi connectivity index (χ0n) is 23.1. The van der Waals surface area contributed by atoms with Gasteiger partial charge in [0.05, 0.1) is 26.1 Å². The molecule has 0 aromatic carbocycles. The number of aromatic nitrogens is 2. The minimum atomic E-state index is -2.74. The first kappa shape index (κ1) is 31.7. The molecule has 4 rings (SSSR count). The quantitative estimate of drug-likeness (QED) is 0.302. The number of carbonyl (C=O) groups is 3. The van der Waals surface area contributed by atoms with Gasteiger partial charge in [0.15, 0.2) is 5.60 Å². The van der Waals surface area contributed by atoms with E-state index in [4.69, 9.17) is 25.2 Å². The zero-order valence-corrected chi connectivity index (χ0v) is 23.1. The van der Waals surface area contributed by atoms with E-state index in [1.165, 1.54) is 63.6 Å². The Bertz CT molecular complexity index is 935. The summed E-state index contributed by atoms with van der Waals surface area (Å²) < 4.78 is 5.48. The van der Waals surface area contributed by atoms with Gasteiger partial charge in [-0.05, 0) is 51.6 Å². The molecule has 0 spiro atoms. The Balaban J connectivity index is 0.000000289. The summed E-state index contributed by atoms with van der Waals surface area (Å²) in [6.45, 7) is 9.61. The van der Waals surface area contributed by atoms with Crippen molar-refractivity contribution in [3.05, 3.63) is 18.0 Å². The molecule has 1 unspecified atom stereocenters. The second kappa shape index (κ2) is 15.8. The maximum atomic E-state index is 10.3. The molecule has 3 fully saturated rings. The van der Waals surface area contributed by atoms with E-state index in [9.17, 15) is 14.4 Å². The highest BCUT2D eigenvalue weighted by molar-refractivity contribution is 5.88. The first-order valence-corrected chi connectivity index (χ1v) is 14.2. The number of aliphatic hydroxyl groups is 1. The fourth-order valence-corrected chi connectivity index (χ4v) is 5.39. The van der Waals surface area contributed by atoms with Gasteiger partial charge in [-0.3, -0.25) is 19.4 Å². The third-order valence-corrected chi connectivity index (χ3v) is 7.63. The molecule has 4 heterocycles. The molecule has 13 nitrogen and oxygen atoms in total. The van der Waals surface area contributed by atoms with Crippen molar-refractivity contribution < 1.29 is 39.5 Å². The third-order valence-electron chi connectivity index (χ3n) is 7.63. The number of likely N-dealkylation sites (tertiary alicyclic amines) is 1.